The summed E-state index contributed by atoms with van der Waals surface area (Å²) in [5.41, 5.74) is 3.00. The molecule has 2 heterocycles. The van der Waals surface area contributed by atoms with Gasteiger partial charge in [0.2, 0.25) is 0 Å². The van der Waals surface area contributed by atoms with E-state index >= 15 is 0 Å². The van der Waals surface area contributed by atoms with Crippen LogP contribution in [0.3, 0.4) is 0 Å². The molecule has 30 heavy (non-hydrogen) atoms. The quantitative estimate of drug-likeness (QED) is 0.223. The van der Waals surface area contributed by atoms with Crippen LogP contribution in [0, 0.1) is 5.92 Å². The van der Waals surface area contributed by atoms with Gasteiger partial charge in [0, 0.05) is 57.9 Å². The molecule has 7 heteroatoms. The van der Waals surface area contributed by atoms with Gasteiger partial charge in [-0.25, -0.2) is 0 Å². The van der Waals surface area contributed by atoms with Gasteiger partial charge in [0.25, 0.3) is 0 Å². The van der Waals surface area contributed by atoms with Crippen LogP contribution in [0.25, 0.3) is 0 Å². The molecule has 3 rings (SSSR count). The molecule has 0 aliphatic carbocycles. The number of hydrogen-bond donors (Lipinski definition) is 2. The molecule has 0 radical (unpaired) electrons. The fraction of sp³-hybridized carbons (Fsp3) is 0.696. The van der Waals surface area contributed by atoms with E-state index in [9.17, 15) is 0 Å². The van der Waals surface area contributed by atoms with Crippen LogP contribution in [-0.4, -0.2) is 69.5 Å². The van der Waals surface area contributed by atoms with Crippen molar-refractivity contribution in [1.29, 1.82) is 0 Å². The summed E-state index contributed by atoms with van der Waals surface area (Å²) in [7, 11) is 1.83. The number of guanidine groups is 1. The Morgan fingerprint density at radius 3 is 2.80 bits per heavy atom. The van der Waals surface area contributed by atoms with Crippen LogP contribution in [-0.2, 0) is 22.4 Å². The van der Waals surface area contributed by atoms with Gasteiger partial charge in [0.15, 0.2) is 5.96 Å². The van der Waals surface area contributed by atoms with E-state index in [2.05, 4.69) is 58.6 Å². The predicted molar refractivity (Wildman–Crippen MR) is 134 cm³/mol. The Balaban J connectivity index is 0.00000320. The van der Waals surface area contributed by atoms with Crippen LogP contribution in [0.4, 0.5) is 0 Å². The highest BCUT2D eigenvalue weighted by molar-refractivity contribution is 14.0. The fourth-order valence-corrected chi connectivity index (χ4v) is 3.99. The van der Waals surface area contributed by atoms with Crippen molar-refractivity contribution < 1.29 is 9.47 Å². The molecule has 1 unspecified atom stereocenters. The normalized spacial score (nSPS) is 19.8. The number of aliphatic imine (C=N–C) groups is 1. The molecule has 1 saturated heterocycles. The second-order valence-electron chi connectivity index (χ2n) is 8.76. The molecule has 170 valence electrons. The monoisotopic (exact) mass is 530 g/mol. The van der Waals surface area contributed by atoms with E-state index in [1.807, 2.05) is 7.05 Å². The summed E-state index contributed by atoms with van der Waals surface area (Å²) >= 11 is 0. The molecule has 0 amide bonds. The molecule has 2 aliphatic heterocycles. The van der Waals surface area contributed by atoms with E-state index in [0.29, 0.717) is 5.92 Å². The maximum Gasteiger partial charge on any atom is 0.191 e. The van der Waals surface area contributed by atoms with Crippen molar-refractivity contribution in [3.05, 3.63) is 35.4 Å². The van der Waals surface area contributed by atoms with Gasteiger partial charge in [0.05, 0.1) is 13.2 Å². The summed E-state index contributed by atoms with van der Waals surface area (Å²) in [6.45, 7) is 11.8. The Labute approximate surface area is 199 Å². The Morgan fingerprint density at radius 2 is 2.07 bits per heavy atom. The van der Waals surface area contributed by atoms with Crippen molar-refractivity contribution >= 4 is 29.9 Å². The minimum Gasteiger partial charge on any atom is -0.381 e. The van der Waals surface area contributed by atoms with Crippen LogP contribution in [0.5, 0.6) is 0 Å². The van der Waals surface area contributed by atoms with Crippen molar-refractivity contribution in [2.24, 2.45) is 10.9 Å². The van der Waals surface area contributed by atoms with Crippen LogP contribution in [0.1, 0.15) is 37.8 Å². The third-order valence-electron chi connectivity index (χ3n) is 6.03. The SMILES string of the molecule is CN=C(NCCCOCC1CCOC1)NCC(C)(C)N1CCc2ccccc2C1.I. The Kier molecular flexibility index (Phi) is 10.8. The van der Waals surface area contributed by atoms with E-state index in [-0.39, 0.29) is 29.5 Å². The lowest BCUT2D eigenvalue weighted by molar-refractivity contribution is 0.0887. The first kappa shape index (κ1) is 25.4. The first-order valence-corrected chi connectivity index (χ1v) is 11.0. The summed E-state index contributed by atoms with van der Waals surface area (Å²) in [6, 6.07) is 8.80. The summed E-state index contributed by atoms with van der Waals surface area (Å²) in [4.78, 5) is 6.94. The third-order valence-corrected chi connectivity index (χ3v) is 6.03. The van der Waals surface area contributed by atoms with Gasteiger partial charge in [-0.2, -0.15) is 0 Å². The van der Waals surface area contributed by atoms with Crippen LogP contribution in [0.2, 0.25) is 0 Å². The number of nitrogens with zero attached hydrogens (tertiary/aromatic N) is 2. The number of nitrogens with one attached hydrogen (secondary N) is 2. The number of halogens is 1. The molecule has 2 aliphatic rings. The molecule has 0 bridgehead atoms. The van der Waals surface area contributed by atoms with Crippen molar-refractivity contribution in [3.8, 4) is 0 Å². The lowest BCUT2D eigenvalue weighted by atomic mass is 9.94. The highest BCUT2D eigenvalue weighted by Crippen LogP contribution is 2.24. The maximum atomic E-state index is 5.77. The maximum absolute atomic E-state index is 5.77. The Morgan fingerprint density at radius 1 is 1.27 bits per heavy atom. The van der Waals surface area contributed by atoms with Gasteiger partial charge in [-0.15, -0.1) is 24.0 Å². The first-order chi connectivity index (χ1) is 14.1. The largest absolute Gasteiger partial charge is 0.381 e. The molecule has 1 aromatic carbocycles. The molecule has 1 fully saturated rings. The lowest BCUT2D eigenvalue weighted by Crippen LogP contribution is -2.54. The minimum absolute atomic E-state index is 0. The van der Waals surface area contributed by atoms with Gasteiger partial charge < -0.3 is 20.1 Å². The van der Waals surface area contributed by atoms with Gasteiger partial charge >= 0.3 is 0 Å². The average Bonchev–Trinajstić information content (AvgIpc) is 3.26. The summed E-state index contributed by atoms with van der Waals surface area (Å²) in [5.74, 6) is 1.45. The van der Waals surface area contributed by atoms with Gasteiger partial charge in [-0.3, -0.25) is 9.89 Å². The molecule has 6 nitrogen and oxygen atoms in total. The molecule has 1 aromatic rings. The second kappa shape index (κ2) is 12.8. The van der Waals surface area contributed by atoms with Gasteiger partial charge in [-0.05, 0) is 44.2 Å². The van der Waals surface area contributed by atoms with Crippen LogP contribution in [0.15, 0.2) is 29.3 Å². The third kappa shape index (κ3) is 7.66. The molecule has 0 aromatic heterocycles. The van der Waals surface area contributed by atoms with Crippen molar-refractivity contribution in [1.82, 2.24) is 15.5 Å². The van der Waals surface area contributed by atoms with E-state index in [1.165, 1.54) is 11.1 Å². The highest BCUT2D eigenvalue weighted by Gasteiger charge is 2.29. The zero-order chi connectivity index (χ0) is 20.5. The van der Waals surface area contributed by atoms with E-state index in [0.717, 1.165) is 77.8 Å². The van der Waals surface area contributed by atoms with Gasteiger partial charge in [-0.1, -0.05) is 24.3 Å². The lowest BCUT2D eigenvalue weighted by Gasteiger charge is -2.42. The van der Waals surface area contributed by atoms with E-state index < -0.39 is 0 Å². The molecule has 2 N–H and O–H groups in total. The van der Waals surface area contributed by atoms with Crippen molar-refractivity contribution in [2.45, 2.75) is 45.2 Å². The van der Waals surface area contributed by atoms with Crippen LogP contribution < -0.4 is 10.6 Å². The molecule has 1 atom stereocenters. The molecule has 0 saturated carbocycles. The standard InChI is InChI=1S/C23H38N4O2.HI/c1-23(2,27-12-9-20-7-4-5-8-21(20)15-27)18-26-22(24-3)25-11-6-13-28-16-19-10-14-29-17-19;/h4-5,7-8,19H,6,9-18H2,1-3H3,(H2,24,25,26);1H. The molecular weight excluding hydrogens is 491 g/mol. The fourth-order valence-electron chi connectivity index (χ4n) is 3.99. The van der Waals surface area contributed by atoms with Crippen LogP contribution >= 0.6 is 24.0 Å². The molecule has 0 spiro atoms. The highest BCUT2D eigenvalue weighted by atomic mass is 127. The smallest absolute Gasteiger partial charge is 0.191 e. The van der Waals surface area contributed by atoms with Crippen molar-refractivity contribution in [2.75, 3.05) is 53.1 Å². The number of hydrogen-bond acceptors (Lipinski definition) is 4. The topological polar surface area (TPSA) is 58.1 Å². The Bertz CT molecular complexity index is 662. The summed E-state index contributed by atoms with van der Waals surface area (Å²) in [6.07, 6.45) is 3.23. The Hall–Kier alpha value is -0.900. The number of fused-ring (bicyclic) bond motifs is 1. The minimum atomic E-state index is 0. The second-order valence-corrected chi connectivity index (χ2v) is 8.76. The number of ether oxygens (including phenoxy) is 2. The van der Waals surface area contributed by atoms with Gasteiger partial charge in [0.1, 0.15) is 0 Å². The van der Waals surface area contributed by atoms with Crippen molar-refractivity contribution in [3.63, 3.8) is 0 Å². The van der Waals surface area contributed by atoms with E-state index in [4.69, 9.17) is 9.47 Å². The number of rotatable bonds is 9. The predicted octanol–water partition coefficient (Wildman–Crippen LogP) is 3.05. The summed E-state index contributed by atoms with van der Waals surface area (Å²) in [5, 5.41) is 6.91. The summed E-state index contributed by atoms with van der Waals surface area (Å²) < 4.78 is 11.1. The molecular formula is C23H39IN4O2. The zero-order valence-electron chi connectivity index (χ0n) is 18.8. The number of benzene rings is 1. The zero-order valence-corrected chi connectivity index (χ0v) is 21.1. The first-order valence-electron chi connectivity index (χ1n) is 11.0. The average molecular weight is 530 g/mol. The van der Waals surface area contributed by atoms with E-state index in [1.54, 1.807) is 0 Å².